The number of hydrogen-bond donors (Lipinski definition) is 1. The summed E-state index contributed by atoms with van der Waals surface area (Å²) in [6.45, 7) is 5.17. The second-order valence-electron chi connectivity index (χ2n) is 4.18. The third-order valence-electron chi connectivity index (χ3n) is 3.15. The van der Waals surface area contributed by atoms with Gasteiger partial charge in [-0.25, -0.2) is 0 Å². The first-order valence-electron chi connectivity index (χ1n) is 5.71. The highest BCUT2D eigenvalue weighted by Gasteiger charge is 2.20. The first-order valence-corrected chi connectivity index (χ1v) is 5.71. The molecule has 1 saturated heterocycles. The van der Waals surface area contributed by atoms with Crippen molar-refractivity contribution in [2.24, 2.45) is 5.73 Å². The minimum Gasteiger partial charge on any atom is -0.325 e. The molecule has 3 nitrogen and oxygen atoms in total. The second kappa shape index (κ2) is 4.73. The summed E-state index contributed by atoms with van der Waals surface area (Å²) in [6, 6.07) is 6.57. The molecule has 1 aromatic rings. The normalized spacial score (nSPS) is 19.3. The van der Waals surface area contributed by atoms with Crippen molar-refractivity contribution < 1.29 is 0 Å². The van der Waals surface area contributed by atoms with E-state index >= 15 is 0 Å². The van der Waals surface area contributed by atoms with Crippen LogP contribution in [0.25, 0.3) is 0 Å². The molecule has 1 aliphatic rings. The minimum atomic E-state index is 0.430. The molecule has 2 N–H and O–H groups in total. The Bertz CT molecular complexity index is 318. The number of nitrogens with two attached hydrogens (primary N) is 1. The summed E-state index contributed by atoms with van der Waals surface area (Å²) < 4.78 is 0. The van der Waals surface area contributed by atoms with Gasteiger partial charge in [-0.1, -0.05) is 6.07 Å². The second-order valence-corrected chi connectivity index (χ2v) is 4.18. The Kier molecular flexibility index (Phi) is 3.34. The van der Waals surface area contributed by atoms with E-state index in [9.17, 15) is 0 Å². The first kappa shape index (κ1) is 10.6. The van der Waals surface area contributed by atoms with Crippen LogP contribution in [0.15, 0.2) is 18.2 Å². The summed E-state index contributed by atoms with van der Waals surface area (Å²) in [5, 5.41) is 0. The molecular formula is C12H19N3. The largest absolute Gasteiger partial charge is 0.325 e. The van der Waals surface area contributed by atoms with E-state index in [1.54, 1.807) is 0 Å². The van der Waals surface area contributed by atoms with E-state index in [0.717, 1.165) is 11.4 Å². The van der Waals surface area contributed by atoms with E-state index < -0.39 is 0 Å². The molecule has 1 fully saturated rings. The highest BCUT2D eigenvalue weighted by Crippen LogP contribution is 2.22. The summed E-state index contributed by atoms with van der Waals surface area (Å²) in [6.07, 6.45) is 2.64. The fourth-order valence-corrected chi connectivity index (χ4v) is 2.16. The zero-order valence-corrected chi connectivity index (χ0v) is 9.32. The molecule has 82 valence electrons. The third-order valence-corrected chi connectivity index (χ3v) is 3.15. The molecule has 15 heavy (non-hydrogen) atoms. The lowest BCUT2D eigenvalue weighted by Crippen LogP contribution is -2.24. The third kappa shape index (κ3) is 2.36. The van der Waals surface area contributed by atoms with Gasteiger partial charge in [-0.3, -0.25) is 9.88 Å². The fourth-order valence-electron chi connectivity index (χ4n) is 2.16. The molecule has 0 aliphatic carbocycles. The Morgan fingerprint density at radius 1 is 1.40 bits per heavy atom. The lowest BCUT2D eigenvalue weighted by molar-refractivity contribution is 0.258. The molecule has 0 aromatic carbocycles. The quantitative estimate of drug-likeness (QED) is 0.816. The van der Waals surface area contributed by atoms with E-state index in [1.807, 2.05) is 6.07 Å². The molecule has 1 unspecified atom stereocenters. The van der Waals surface area contributed by atoms with Crippen LogP contribution in [-0.4, -0.2) is 23.0 Å². The molecule has 1 atom stereocenters. The van der Waals surface area contributed by atoms with Gasteiger partial charge in [0.15, 0.2) is 0 Å². The van der Waals surface area contributed by atoms with Gasteiger partial charge in [-0.15, -0.1) is 0 Å². The van der Waals surface area contributed by atoms with Crippen molar-refractivity contribution >= 4 is 0 Å². The van der Waals surface area contributed by atoms with Crippen LogP contribution < -0.4 is 5.73 Å². The van der Waals surface area contributed by atoms with Gasteiger partial charge < -0.3 is 5.73 Å². The van der Waals surface area contributed by atoms with E-state index in [4.69, 9.17) is 5.73 Å². The van der Waals surface area contributed by atoms with Crippen LogP contribution in [0.3, 0.4) is 0 Å². The lowest BCUT2D eigenvalue weighted by Gasteiger charge is -2.23. The number of pyridine rings is 1. The molecule has 0 saturated carbocycles. The van der Waals surface area contributed by atoms with Gasteiger partial charge in [0.1, 0.15) is 0 Å². The Labute approximate surface area is 91.3 Å². The molecule has 2 rings (SSSR count). The Hall–Kier alpha value is -0.930. The number of hydrogen-bond acceptors (Lipinski definition) is 3. The topological polar surface area (TPSA) is 42.1 Å². The molecule has 1 aliphatic heterocycles. The Balaban J connectivity index is 2.13. The highest BCUT2D eigenvalue weighted by atomic mass is 15.2. The van der Waals surface area contributed by atoms with Crippen LogP contribution in [0.4, 0.5) is 0 Å². The van der Waals surface area contributed by atoms with Crippen molar-refractivity contribution in [1.82, 2.24) is 9.88 Å². The Morgan fingerprint density at radius 2 is 2.13 bits per heavy atom. The molecule has 0 radical (unpaired) electrons. The number of likely N-dealkylation sites (tertiary alicyclic amines) is 1. The van der Waals surface area contributed by atoms with Crippen LogP contribution in [-0.2, 0) is 6.54 Å². The summed E-state index contributed by atoms with van der Waals surface area (Å²) in [5.41, 5.74) is 7.73. The SMILES string of the molecule is CC(c1cccc(CN)n1)N1CCCC1. The average molecular weight is 205 g/mol. The van der Waals surface area contributed by atoms with Crippen molar-refractivity contribution in [3.05, 3.63) is 29.6 Å². The van der Waals surface area contributed by atoms with Crippen LogP contribution in [0, 0.1) is 0 Å². The monoisotopic (exact) mass is 205 g/mol. The summed E-state index contributed by atoms with van der Waals surface area (Å²) in [7, 11) is 0. The summed E-state index contributed by atoms with van der Waals surface area (Å²) >= 11 is 0. The van der Waals surface area contributed by atoms with Crippen LogP contribution in [0.2, 0.25) is 0 Å². The van der Waals surface area contributed by atoms with E-state index in [2.05, 4.69) is 28.9 Å². The maximum absolute atomic E-state index is 5.60. The van der Waals surface area contributed by atoms with Gasteiger partial charge in [-0.2, -0.15) is 0 Å². The smallest absolute Gasteiger partial charge is 0.0576 e. The van der Waals surface area contributed by atoms with Crippen LogP contribution >= 0.6 is 0 Å². The first-order chi connectivity index (χ1) is 7.31. The van der Waals surface area contributed by atoms with E-state index in [-0.39, 0.29) is 0 Å². The fraction of sp³-hybridized carbons (Fsp3) is 0.583. The molecule has 0 amide bonds. The summed E-state index contributed by atoms with van der Waals surface area (Å²) in [4.78, 5) is 7.06. The molecule has 3 heteroatoms. The zero-order valence-electron chi connectivity index (χ0n) is 9.32. The van der Waals surface area contributed by atoms with Gasteiger partial charge >= 0.3 is 0 Å². The molecule has 1 aromatic heterocycles. The lowest BCUT2D eigenvalue weighted by atomic mass is 10.2. The summed E-state index contributed by atoms with van der Waals surface area (Å²) in [5.74, 6) is 0. The van der Waals surface area contributed by atoms with Crippen LogP contribution in [0.1, 0.15) is 37.2 Å². The van der Waals surface area contributed by atoms with Gasteiger partial charge in [0.2, 0.25) is 0 Å². The van der Waals surface area contributed by atoms with Crippen molar-refractivity contribution in [1.29, 1.82) is 0 Å². The maximum Gasteiger partial charge on any atom is 0.0576 e. The van der Waals surface area contributed by atoms with Gasteiger partial charge in [-0.05, 0) is 45.0 Å². The van der Waals surface area contributed by atoms with Gasteiger partial charge in [0.25, 0.3) is 0 Å². The van der Waals surface area contributed by atoms with Gasteiger partial charge in [0.05, 0.1) is 11.4 Å². The standard InChI is InChI=1S/C12H19N3/c1-10(15-7-2-3-8-15)12-6-4-5-11(9-13)14-12/h4-6,10H,2-3,7-9,13H2,1H3. The highest BCUT2D eigenvalue weighted by molar-refractivity contribution is 5.14. The molecule has 0 spiro atoms. The Morgan fingerprint density at radius 3 is 2.80 bits per heavy atom. The number of nitrogens with zero attached hydrogens (tertiary/aromatic N) is 2. The maximum atomic E-state index is 5.60. The van der Waals surface area contributed by atoms with Crippen molar-refractivity contribution in [3.63, 3.8) is 0 Å². The van der Waals surface area contributed by atoms with Gasteiger partial charge in [0, 0.05) is 12.6 Å². The number of rotatable bonds is 3. The zero-order chi connectivity index (χ0) is 10.7. The van der Waals surface area contributed by atoms with Crippen LogP contribution in [0.5, 0.6) is 0 Å². The predicted octanol–water partition coefficient (Wildman–Crippen LogP) is 1.70. The van der Waals surface area contributed by atoms with Crippen molar-refractivity contribution in [3.8, 4) is 0 Å². The molecule has 0 bridgehead atoms. The molecule has 2 heterocycles. The van der Waals surface area contributed by atoms with Crippen molar-refractivity contribution in [2.75, 3.05) is 13.1 Å². The predicted molar refractivity (Wildman–Crippen MR) is 61.4 cm³/mol. The molecular weight excluding hydrogens is 186 g/mol. The van der Waals surface area contributed by atoms with Crippen molar-refractivity contribution in [2.45, 2.75) is 32.4 Å². The minimum absolute atomic E-state index is 0.430. The average Bonchev–Trinajstić information content (AvgIpc) is 2.81. The van der Waals surface area contributed by atoms with E-state index in [1.165, 1.54) is 25.9 Å². The number of aromatic nitrogens is 1. The van der Waals surface area contributed by atoms with E-state index in [0.29, 0.717) is 12.6 Å².